The normalized spacial score (nSPS) is 14.4. The number of hydrogen-bond donors (Lipinski definition) is 0. The zero-order valence-corrected chi connectivity index (χ0v) is 35.5. The van der Waals surface area contributed by atoms with Crippen LogP contribution in [0.1, 0.15) is 49.9 Å². The van der Waals surface area contributed by atoms with E-state index in [0.29, 0.717) is 0 Å². The quantitative estimate of drug-likeness (QED) is 0.156. The first-order chi connectivity index (χ1) is 30.2. The summed E-state index contributed by atoms with van der Waals surface area (Å²) in [4.78, 5) is 0. The number of rotatable bonds is 3. The Bertz CT molecular complexity index is 3740. The van der Waals surface area contributed by atoms with Gasteiger partial charge in [-0.3, -0.25) is 0 Å². The van der Waals surface area contributed by atoms with Crippen LogP contribution in [0.25, 0.3) is 109 Å². The van der Waals surface area contributed by atoms with Crippen molar-refractivity contribution >= 4 is 53.9 Å². The van der Waals surface area contributed by atoms with Crippen molar-refractivity contribution in [1.29, 1.82) is 0 Å². The molecule has 0 nitrogen and oxygen atoms in total. The summed E-state index contributed by atoms with van der Waals surface area (Å²) >= 11 is 0. The molecular formula is C62H44. The predicted octanol–water partition coefficient (Wildman–Crippen LogP) is 17.1. The standard InChI is InChI=1S/C62H44/c1-61(2)57-19-11-9-17-48(57)55-33-41(25-29-59(55)61)50-35-54-47-28-24-39(38-23-27-44-40(31-38)22-21-37-13-5-6-14-43(37)44)32-52(47)51(36-53(54)46-16-8-7-15-45(46)50)42-26-30-60-56(34-42)49-18-10-12-20-58(49)62(60,3)4/h5-36H,1-4H3. The molecule has 0 atom stereocenters. The van der Waals surface area contributed by atoms with Crippen molar-refractivity contribution in [3.63, 3.8) is 0 Å². The van der Waals surface area contributed by atoms with Crippen molar-refractivity contribution in [2.75, 3.05) is 0 Å². The molecule has 0 heterocycles. The van der Waals surface area contributed by atoms with Crippen LogP contribution in [0, 0.1) is 0 Å². The summed E-state index contributed by atoms with van der Waals surface area (Å²) in [5.41, 5.74) is 18.4. The van der Waals surface area contributed by atoms with Crippen molar-refractivity contribution < 1.29 is 0 Å². The third-order valence-electron chi connectivity index (χ3n) is 14.8. The summed E-state index contributed by atoms with van der Waals surface area (Å²) < 4.78 is 0. The molecule has 0 spiro atoms. The van der Waals surface area contributed by atoms with E-state index in [2.05, 4.69) is 222 Å². The lowest BCUT2D eigenvalue weighted by Crippen LogP contribution is -2.14. The van der Waals surface area contributed by atoms with Crippen LogP contribution in [0.2, 0.25) is 0 Å². The van der Waals surface area contributed by atoms with Gasteiger partial charge in [-0.25, -0.2) is 0 Å². The Morgan fingerprint density at radius 2 is 0.661 bits per heavy atom. The Morgan fingerprint density at radius 3 is 1.31 bits per heavy atom. The van der Waals surface area contributed by atoms with Gasteiger partial charge in [0.15, 0.2) is 0 Å². The molecule has 0 fully saturated rings. The summed E-state index contributed by atoms with van der Waals surface area (Å²) in [7, 11) is 0. The second-order valence-electron chi connectivity index (χ2n) is 18.8. The summed E-state index contributed by atoms with van der Waals surface area (Å²) in [6.07, 6.45) is 0. The molecule has 13 rings (SSSR count). The van der Waals surface area contributed by atoms with Gasteiger partial charge >= 0.3 is 0 Å². The van der Waals surface area contributed by atoms with Crippen LogP contribution in [-0.4, -0.2) is 0 Å². The van der Waals surface area contributed by atoms with E-state index in [-0.39, 0.29) is 10.8 Å². The average molecular weight is 789 g/mol. The van der Waals surface area contributed by atoms with E-state index in [0.717, 1.165) is 0 Å². The second-order valence-corrected chi connectivity index (χ2v) is 18.8. The SMILES string of the molecule is CC1(C)c2ccccc2-c2cc(-c3cc4c5ccc(-c6ccc7c(ccc8ccccc87)c6)cc5c(-c5ccc6c(c5)-c5ccccc5C6(C)C)cc4c4ccccc34)ccc21. The first kappa shape index (κ1) is 35.5. The monoisotopic (exact) mass is 788 g/mol. The van der Waals surface area contributed by atoms with Crippen LogP contribution in [0.4, 0.5) is 0 Å². The van der Waals surface area contributed by atoms with Gasteiger partial charge in [-0.15, -0.1) is 0 Å². The van der Waals surface area contributed by atoms with Gasteiger partial charge in [-0.05, 0) is 168 Å². The molecule has 0 amide bonds. The molecule has 0 unspecified atom stereocenters. The van der Waals surface area contributed by atoms with E-state index in [9.17, 15) is 0 Å². The molecular weight excluding hydrogens is 745 g/mol. The van der Waals surface area contributed by atoms with Gasteiger partial charge in [-0.1, -0.05) is 185 Å². The largest absolute Gasteiger partial charge is 0.0619 e. The highest BCUT2D eigenvalue weighted by molar-refractivity contribution is 6.24. The van der Waals surface area contributed by atoms with E-state index in [1.807, 2.05) is 0 Å². The number of benzene rings is 11. The van der Waals surface area contributed by atoms with Crippen molar-refractivity contribution in [1.82, 2.24) is 0 Å². The zero-order chi connectivity index (χ0) is 41.5. The van der Waals surface area contributed by atoms with Gasteiger partial charge in [0.2, 0.25) is 0 Å². The molecule has 2 aliphatic rings. The maximum absolute atomic E-state index is 2.50. The highest BCUT2D eigenvalue weighted by atomic mass is 14.4. The van der Waals surface area contributed by atoms with Gasteiger partial charge in [-0.2, -0.15) is 0 Å². The van der Waals surface area contributed by atoms with Crippen LogP contribution < -0.4 is 0 Å². The van der Waals surface area contributed by atoms with Gasteiger partial charge in [0.25, 0.3) is 0 Å². The fraction of sp³-hybridized carbons (Fsp3) is 0.0968. The number of fused-ring (bicyclic) bond motifs is 14. The van der Waals surface area contributed by atoms with Crippen LogP contribution in [0.3, 0.4) is 0 Å². The molecule has 11 aromatic carbocycles. The summed E-state index contributed by atoms with van der Waals surface area (Å²) in [5.74, 6) is 0. The Balaban J connectivity index is 1.07. The first-order valence-corrected chi connectivity index (χ1v) is 22.1. The molecule has 0 heteroatoms. The van der Waals surface area contributed by atoms with Crippen molar-refractivity contribution in [2.45, 2.75) is 38.5 Å². The maximum atomic E-state index is 2.50. The molecule has 11 aromatic rings. The lowest BCUT2D eigenvalue weighted by molar-refractivity contribution is 0.660. The third kappa shape index (κ3) is 4.90. The lowest BCUT2D eigenvalue weighted by Gasteiger charge is -2.22. The molecule has 62 heavy (non-hydrogen) atoms. The molecule has 292 valence electrons. The Labute approximate surface area is 362 Å². The molecule has 0 aliphatic heterocycles. The minimum absolute atomic E-state index is 0.0333. The van der Waals surface area contributed by atoms with Gasteiger partial charge < -0.3 is 0 Å². The van der Waals surface area contributed by atoms with Gasteiger partial charge in [0.1, 0.15) is 0 Å². The van der Waals surface area contributed by atoms with Crippen LogP contribution >= 0.6 is 0 Å². The Kier molecular flexibility index (Phi) is 7.23. The molecule has 0 saturated heterocycles. The van der Waals surface area contributed by atoms with Gasteiger partial charge in [0, 0.05) is 10.8 Å². The first-order valence-electron chi connectivity index (χ1n) is 22.1. The molecule has 0 aromatic heterocycles. The highest BCUT2D eigenvalue weighted by Gasteiger charge is 2.36. The van der Waals surface area contributed by atoms with E-state index < -0.39 is 0 Å². The summed E-state index contributed by atoms with van der Waals surface area (Å²) in [5, 5.41) is 12.8. The summed E-state index contributed by atoms with van der Waals surface area (Å²) in [6.45, 7) is 9.46. The fourth-order valence-corrected chi connectivity index (χ4v) is 11.6. The van der Waals surface area contributed by atoms with E-state index in [1.165, 1.54) is 132 Å². The molecule has 0 saturated carbocycles. The zero-order valence-electron chi connectivity index (χ0n) is 35.5. The fourth-order valence-electron chi connectivity index (χ4n) is 11.6. The average Bonchev–Trinajstić information content (AvgIpc) is 3.69. The van der Waals surface area contributed by atoms with E-state index in [4.69, 9.17) is 0 Å². The smallest absolute Gasteiger partial charge is 0.0158 e. The highest BCUT2D eigenvalue weighted by Crippen LogP contribution is 2.52. The molecule has 0 N–H and O–H groups in total. The predicted molar refractivity (Wildman–Crippen MR) is 265 cm³/mol. The topological polar surface area (TPSA) is 0 Å². The minimum atomic E-state index is -0.0491. The van der Waals surface area contributed by atoms with Crippen LogP contribution in [0.15, 0.2) is 194 Å². The van der Waals surface area contributed by atoms with E-state index >= 15 is 0 Å². The maximum Gasteiger partial charge on any atom is 0.0158 e. The minimum Gasteiger partial charge on any atom is -0.0619 e. The molecule has 0 radical (unpaired) electrons. The third-order valence-corrected chi connectivity index (χ3v) is 14.8. The lowest BCUT2D eigenvalue weighted by atomic mass is 9.81. The van der Waals surface area contributed by atoms with Crippen molar-refractivity contribution in [3.05, 3.63) is 216 Å². The van der Waals surface area contributed by atoms with Gasteiger partial charge in [0.05, 0.1) is 0 Å². The van der Waals surface area contributed by atoms with Crippen LogP contribution in [0.5, 0.6) is 0 Å². The van der Waals surface area contributed by atoms with Crippen LogP contribution in [-0.2, 0) is 10.8 Å². The van der Waals surface area contributed by atoms with Crippen molar-refractivity contribution in [3.8, 4) is 55.6 Å². The second kappa shape index (κ2) is 12.6. The summed E-state index contributed by atoms with van der Waals surface area (Å²) in [6, 6.07) is 73.9. The molecule has 2 aliphatic carbocycles. The Morgan fingerprint density at radius 1 is 0.226 bits per heavy atom. The molecule has 0 bridgehead atoms. The van der Waals surface area contributed by atoms with Crippen molar-refractivity contribution in [2.24, 2.45) is 0 Å². The van der Waals surface area contributed by atoms with E-state index in [1.54, 1.807) is 0 Å². The number of hydrogen-bond acceptors (Lipinski definition) is 0. The Hall–Kier alpha value is -7.28.